The van der Waals surface area contributed by atoms with Crippen molar-refractivity contribution in [1.82, 2.24) is 4.90 Å². The van der Waals surface area contributed by atoms with Crippen molar-refractivity contribution in [2.24, 2.45) is 28.6 Å². The molecule has 31 heavy (non-hydrogen) atoms. The van der Waals surface area contributed by atoms with Crippen molar-refractivity contribution in [1.29, 1.82) is 0 Å². The highest BCUT2D eigenvalue weighted by Crippen LogP contribution is 2.65. The average Bonchev–Trinajstić information content (AvgIpc) is 2.95. The van der Waals surface area contributed by atoms with E-state index in [0.29, 0.717) is 23.3 Å². The molecule has 5 heteroatoms. The van der Waals surface area contributed by atoms with Crippen LogP contribution in [0.1, 0.15) is 51.5 Å². The lowest BCUT2D eigenvalue weighted by Crippen LogP contribution is -2.59. The van der Waals surface area contributed by atoms with Gasteiger partial charge < -0.3 is 10.0 Å². The molecule has 166 valence electrons. The number of aliphatic hydroxyl groups excluding tert-OH is 1. The standard InChI is InChI=1S/C26H31F2NO2/c1-25-9-7-23(30)29(3)22(25)5-4-19-20(25)6-8-26(2)21(19)13-16(24(26)31)10-15-11-17(27)14-18(28)12-15/h7,9-12,14,19-22,24,31H,4-6,8,13H2,1-3H3/b16-10+/t19-,20+,21+,22-,24+,25-,26+/m1/s1. The van der Waals surface area contributed by atoms with Crippen molar-refractivity contribution in [3.05, 3.63) is 53.1 Å². The smallest absolute Gasteiger partial charge is 0.246 e. The van der Waals surface area contributed by atoms with E-state index in [0.717, 1.165) is 43.7 Å². The zero-order valence-corrected chi connectivity index (χ0v) is 18.4. The van der Waals surface area contributed by atoms with Crippen LogP contribution in [0.25, 0.3) is 6.08 Å². The maximum Gasteiger partial charge on any atom is 0.246 e. The van der Waals surface area contributed by atoms with Gasteiger partial charge in [-0.15, -0.1) is 0 Å². The van der Waals surface area contributed by atoms with E-state index in [-0.39, 0.29) is 22.8 Å². The molecule has 3 saturated carbocycles. The van der Waals surface area contributed by atoms with Gasteiger partial charge in [0.1, 0.15) is 11.6 Å². The van der Waals surface area contributed by atoms with E-state index in [4.69, 9.17) is 0 Å². The minimum atomic E-state index is -0.600. The quantitative estimate of drug-likeness (QED) is 0.688. The molecule has 7 atom stereocenters. The number of benzene rings is 1. The maximum absolute atomic E-state index is 13.7. The molecule has 1 aromatic carbocycles. The Labute approximate surface area is 182 Å². The predicted octanol–water partition coefficient (Wildman–Crippen LogP) is 4.96. The monoisotopic (exact) mass is 427 g/mol. The van der Waals surface area contributed by atoms with Gasteiger partial charge in [-0.05, 0) is 79.2 Å². The molecule has 3 fully saturated rings. The number of hydrogen-bond acceptors (Lipinski definition) is 2. The summed E-state index contributed by atoms with van der Waals surface area (Å²) in [5.41, 5.74) is 1.09. The molecule has 0 unspecified atom stereocenters. The highest BCUT2D eigenvalue weighted by atomic mass is 19.1. The van der Waals surface area contributed by atoms with Gasteiger partial charge in [0.2, 0.25) is 5.91 Å². The molecular formula is C26H31F2NO2. The van der Waals surface area contributed by atoms with Crippen molar-refractivity contribution in [3.63, 3.8) is 0 Å². The summed E-state index contributed by atoms with van der Waals surface area (Å²) < 4.78 is 27.4. The molecule has 1 N–H and O–H groups in total. The molecule has 1 aromatic rings. The zero-order chi connectivity index (χ0) is 22.1. The normalized spacial score (nSPS) is 43.0. The van der Waals surface area contributed by atoms with Gasteiger partial charge in [-0.2, -0.15) is 0 Å². The van der Waals surface area contributed by atoms with Crippen molar-refractivity contribution in [2.75, 3.05) is 7.05 Å². The fraction of sp³-hybridized carbons (Fsp3) is 0.577. The Morgan fingerprint density at radius 3 is 2.52 bits per heavy atom. The van der Waals surface area contributed by atoms with Crippen LogP contribution in [-0.4, -0.2) is 35.1 Å². The highest BCUT2D eigenvalue weighted by Gasteiger charge is 2.61. The minimum Gasteiger partial charge on any atom is -0.388 e. The second-order valence-electron chi connectivity index (χ2n) is 10.7. The summed E-state index contributed by atoms with van der Waals surface area (Å²) in [7, 11) is 1.92. The zero-order valence-electron chi connectivity index (χ0n) is 18.4. The van der Waals surface area contributed by atoms with Crippen LogP contribution in [0.3, 0.4) is 0 Å². The van der Waals surface area contributed by atoms with E-state index >= 15 is 0 Å². The SMILES string of the molecule is CN1C(=O)C=C[C@]2(C)[C@H]3CC[C@]4(C)[C@@H](O)/C(=C/c5cc(F)cc(F)c5)C[C@H]4[C@@H]3CC[C@@H]12. The highest BCUT2D eigenvalue weighted by molar-refractivity contribution is 5.89. The van der Waals surface area contributed by atoms with Crippen LogP contribution >= 0.6 is 0 Å². The maximum atomic E-state index is 13.7. The third kappa shape index (κ3) is 3.03. The second kappa shape index (κ2) is 6.99. The van der Waals surface area contributed by atoms with Crippen LogP contribution in [-0.2, 0) is 4.79 Å². The Kier molecular flexibility index (Phi) is 4.71. The number of aliphatic hydroxyl groups is 1. The van der Waals surface area contributed by atoms with Crippen molar-refractivity contribution >= 4 is 12.0 Å². The Morgan fingerprint density at radius 2 is 1.81 bits per heavy atom. The number of likely N-dealkylation sites (N-methyl/N-ethyl adjacent to an activating group) is 1. The molecule has 5 rings (SSSR count). The number of halogens is 2. The van der Waals surface area contributed by atoms with Crippen molar-refractivity contribution in [2.45, 2.75) is 58.1 Å². The fourth-order valence-corrected chi connectivity index (χ4v) is 7.61. The lowest BCUT2D eigenvalue weighted by molar-refractivity contribution is -0.140. The predicted molar refractivity (Wildman–Crippen MR) is 116 cm³/mol. The van der Waals surface area contributed by atoms with Gasteiger partial charge in [-0.3, -0.25) is 4.79 Å². The Hall–Kier alpha value is -2.01. The number of nitrogens with zero attached hydrogens (tertiary/aromatic N) is 1. The van der Waals surface area contributed by atoms with Crippen molar-refractivity contribution < 1.29 is 18.7 Å². The lowest BCUT2D eigenvalue weighted by Gasteiger charge is -2.59. The first-order chi connectivity index (χ1) is 14.6. The van der Waals surface area contributed by atoms with Gasteiger partial charge in [0.05, 0.1) is 6.10 Å². The third-order valence-electron chi connectivity index (χ3n) is 9.23. The first-order valence-electron chi connectivity index (χ1n) is 11.4. The van der Waals surface area contributed by atoms with Crippen LogP contribution in [0.4, 0.5) is 8.78 Å². The number of hydrogen-bond donors (Lipinski definition) is 1. The largest absolute Gasteiger partial charge is 0.388 e. The van der Waals surface area contributed by atoms with Crippen LogP contribution in [0, 0.1) is 40.2 Å². The van der Waals surface area contributed by atoms with E-state index in [1.54, 1.807) is 12.2 Å². The Bertz CT molecular complexity index is 967. The van der Waals surface area contributed by atoms with Gasteiger partial charge >= 0.3 is 0 Å². The van der Waals surface area contributed by atoms with E-state index in [1.165, 1.54) is 12.1 Å². The molecule has 0 aromatic heterocycles. The van der Waals surface area contributed by atoms with Crippen LogP contribution < -0.4 is 0 Å². The number of carbonyl (C=O) groups is 1. The van der Waals surface area contributed by atoms with Crippen LogP contribution in [0.5, 0.6) is 0 Å². The average molecular weight is 428 g/mol. The molecule has 1 amide bonds. The molecule has 1 aliphatic heterocycles. The number of fused-ring (bicyclic) bond motifs is 5. The number of carbonyl (C=O) groups excluding carboxylic acids is 1. The summed E-state index contributed by atoms with van der Waals surface area (Å²) in [6, 6.07) is 3.74. The lowest BCUT2D eigenvalue weighted by atomic mass is 9.48. The number of amides is 1. The third-order valence-corrected chi connectivity index (χ3v) is 9.23. The molecule has 0 spiro atoms. The molecule has 0 radical (unpaired) electrons. The first kappa shape index (κ1) is 20.9. The van der Waals surface area contributed by atoms with E-state index in [1.807, 2.05) is 11.9 Å². The number of rotatable bonds is 1. The molecule has 0 bridgehead atoms. The molecule has 4 aliphatic rings. The van der Waals surface area contributed by atoms with E-state index in [9.17, 15) is 18.7 Å². The summed E-state index contributed by atoms with van der Waals surface area (Å²) in [5.74, 6) is 0.157. The summed E-state index contributed by atoms with van der Waals surface area (Å²) in [4.78, 5) is 14.2. The van der Waals surface area contributed by atoms with Gasteiger partial charge in [-0.25, -0.2) is 8.78 Å². The fourth-order valence-electron chi connectivity index (χ4n) is 7.61. The van der Waals surface area contributed by atoms with Crippen LogP contribution in [0.2, 0.25) is 0 Å². The topological polar surface area (TPSA) is 40.5 Å². The van der Waals surface area contributed by atoms with Crippen molar-refractivity contribution in [3.8, 4) is 0 Å². The first-order valence-corrected chi connectivity index (χ1v) is 11.4. The van der Waals surface area contributed by atoms with Gasteiger partial charge in [-0.1, -0.05) is 26.0 Å². The summed E-state index contributed by atoms with van der Waals surface area (Å²) >= 11 is 0. The molecule has 1 heterocycles. The second-order valence-corrected chi connectivity index (χ2v) is 10.7. The van der Waals surface area contributed by atoms with Crippen LogP contribution in [0.15, 0.2) is 35.9 Å². The van der Waals surface area contributed by atoms with Gasteiger partial charge in [0.15, 0.2) is 0 Å². The Morgan fingerprint density at radius 1 is 1.10 bits per heavy atom. The van der Waals surface area contributed by atoms with Gasteiger partial charge in [0.25, 0.3) is 0 Å². The molecule has 3 nitrogen and oxygen atoms in total. The van der Waals surface area contributed by atoms with E-state index < -0.39 is 17.7 Å². The molecule has 3 aliphatic carbocycles. The molecule has 0 saturated heterocycles. The summed E-state index contributed by atoms with van der Waals surface area (Å²) in [6.45, 7) is 4.49. The molecular weight excluding hydrogens is 396 g/mol. The van der Waals surface area contributed by atoms with Gasteiger partial charge in [0, 0.05) is 30.0 Å². The van der Waals surface area contributed by atoms with E-state index in [2.05, 4.69) is 19.9 Å². The summed E-state index contributed by atoms with van der Waals surface area (Å²) in [5, 5.41) is 11.3. The minimum absolute atomic E-state index is 0.0456. The summed E-state index contributed by atoms with van der Waals surface area (Å²) in [6.07, 6.45) is 9.80. The Balaban J connectivity index is 1.48.